The summed E-state index contributed by atoms with van der Waals surface area (Å²) in [5, 5.41) is 0. The van der Waals surface area contributed by atoms with Gasteiger partial charge in [0, 0.05) is 30.6 Å². The van der Waals surface area contributed by atoms with Crippen molar-refractivity contribution in [2.24, 2.45) is 12.0 Å². The van der Waals surface area contributed by atoms with Crippen molar-refractivity contribution in [1.29, 1.82) is 0 Å². The van der Waals surface area contributed by atoms with Gasteiger partial charge in [-0.2, -0.15) is 0 Å². The van der Waals surface area contributed by atoms with Gasteiger partial charge in [-0.1, -0.05) is 31.5 Å². The molecule has 6 nitrogen and oxygen atoms in total. The molecule has 6 heteroatoms. The van der Waals surface area contributed by atoms with E-state index in [0.717, 1.165) is 33.6 Å². The number of aromatic nitrogens is 2. The molecule has 0 amide bonds. The van der Waals surface area contributed by atoms with Gasteiger partial charge in [0.05, 0.1) is 25.6 Å². The molecule has 0 radical (unpaired) electrons. The number of rotatable bonds is 3. The molecule has 0 saturated heterocycles. The second kappa shape index (κ2) is 7.69. The molecule has 0 fully saturated rings. The van der Waals surface area contributed by atoms with Crippen LogP contribution in [0.15, 0.2) is 40.1 Å². The van der Waals surface area contributed by atoms with E-state index in [1.54, 1.807) is 25.8 Å². The predicted octanol–water partition coefficient (Wildman–Crippen LogP) is 4.32. The minimum absolute atomic E-state index is 0.0859. The summed E-state index contributed by atoms with van der Waals surface area (Å²) in [6.45, 7) is 11.0. The Kier molecular flexibility index (Phi) is 5.27. The molecular formula is C26H31N3O3. The van der Waals surface area contributed by atoms with Gasteiger partial charge in [-0.25, -0.2) is 9.79 Å². The summed E-state index contributed by atoms with van der Waals surface area (Å²) in [6, 6.07) is 10.2. The highest BCUT2D eigenvalue weighted by Crippen LogP contribution is 2.44. The van der Waals surface area contributed by atoms with E-state index in [1.165, 1.54) is 5.56 Å². The molecule has 1 aliphatic heterocycles. The van der Waals surface area contributed by atoms with Gasteiger partial charge in [0.2, 0.25) is 0 Å². The number of ether oxygens (including phenoxy) is 2. The van der Waals surface area contributed by atoms with Crippen molar-refractivity contribution >= 4 is 5.69 Å². The maximum Gasteiger partial charge on any atom is 0.329 e. The van der Waals surface area contributed by atoms with E-state index < -0.39 is 0 Å². The highest BCUT2D eigenvalue weighted by Gasteiger charge is 2.33. The Bertz CT molecular complexity index is 1340. The number of hydrogen-bond donors (Lipinski definition) is 0. The van der Waals surface area contributed by atoms with E-state index in [9.17, 15) is 4.79 Å². The average molecular weight is 434 g/mol. The predicted molar refractivity (Wildman–Crippen MR) is 127 cm³/mol. The van der Waals surface area contributed by atoms with Crippen molar-refractivity contribution < 1.29 is 9.47 Å². The highest BCUT2D eigenvalue weighted by atomic mass is 16.5. The normalized spacial score (nSPS) is 14.7. The quantitative estimate of drug-likeness (QED) is 0.618. The Morgan fingerprint density at radius 1 is 0.938 bits per heavy atom. The lowest BCUT2D eigenvalue weighted by molar-refractivity contribution is 0.350. The lowest BCUT2D eigenvalue weighted by atomic mass is 9.78. The number of benzene rings is 2. The summed E-state index contributed by atoms with van der Waals surface area (Å²) in [7, 11) is 5.05. The second-order valence-electron chi connectivity index (χ2n) is 9.31. The van der Waals surface area contributed by atoms with E-state index in [-0.39, 0.29) is 11.1 Å². The lowest BCUT2D eigenvalue weighted by Gasteiger charge is -2.35. The molecule has 3 aromatic rings. The lowest BCUT2D eigenvalue weighted by Crippen LogP contribution is -2.44. The van der Waals surface area contributed by atoms with E-state index in [4.69, 9.17) is 14.5 Å². The second-order valence-corrected chi connectivity index (χ2v) is 9.31. The van der Waals surface area contributed by atoms with Gasteiger partial charge in [0.1, 0.15) is 5.49 Å². The van der Waals surface area contributed by atoms with Crippen LogP contribution < -0.4 is 20.7 Å². The van der Waals surface area contributed by atoms with Crippen LogP contribution in [0.1, 0.15) is 36.1 Å². The first-order valence-corrected chi connectivity index (χ1v) is 10.8. The Morgan fingerprint density at radius 3 is 2.12 bits per heavy atom. The molecule has 0 unspecified atom stereocenters. The van der Waals surface area contributed by atoms with Gasteiger partial charge in [-0.05, 0) is 49.6 Å². The van der Waals surface area contributed by atoms with Gasteiger partial charge >= 0.3 is 5.69 Å². The standard InChI is InChI=1S/C26H31N3O3/c1-15-9-16(2)24(17(3)10-15)27-23-13-20-18-11-21(31-7)22(32-8)12-19(18)26(4,5)14-29(20)25(30)28(23)6/h9-13H,14H2,1-8H3. The van der Waals surface area contributed by atoms with Crippen LogP contribution >= 0.6 is 0 Å². The van der Waals surface area contributed by atoms with Crippen LogP contribution in [0.5, 0.6) is 11.5 Å². The van der Waals surface area contributed by atoms with Crippen LogP contribution in [0.2, 0.25) is 0 Å². The van der Waals surface area contributed by atoms with Crippen LogP contribution in [0.25, 0.3) is 11.3 Å². The first-order valence-electron chi connectivity index (χ1n) is 10.8. The Labute approximate surface area is 188 Å². The van der Waals surface area contributed by atoms with E-state index in [1.807, 2.05) is 22.8 Å². The number of nitrogens with zero attached hydrogens (tertiary/aromatic N) is 3. The van der Waals surface area contributed by atoms with Crippen LogP contribution in [-0.2, 0) is 19.0 Å². The molecule has 0 aliphatic carbocycles. The van der Waals surface area contributed by atoms with Crippen molar-refractivity contribution in [2.75, 3.05) is 14.2 Å². The monoisotopic (exact) mass is 433 g/mol. The van der Waals surface area contributed by atoms with Gasteiger partial charge in [-0.15, -0.1) is 0 Å². The van der Waals surface area contributed by atoms with Crippen LogP contribution in [0.4, 0.5) is 5.69 Å². The zero-order chi connectivity index (χ0) is 23.4. The van der Waals surface area contributed by atoms with Crippen molar-refractivity contribution in [1.82, 2.24) is 9.13 Å². The molecule has 32 heavy (non-hydrogen) atoms. The molecule has 2 heterocycles. The third-order valence-electron chi connectivity index (χ3n) is 6.36. The molecule has 0 N–H and O–H groups in total. The maximum atomic E-state index is 13.4. The van der Waals surface area contributed by atoms with Gasteiger partial charge < -0.3 is 9.47 Å². The Morgan fingerprint density at radius 2 is 1.53 bits per heavy atom. The van der Waals surface area contributed by atoms with Gasteiger partial charge in [0.25, 0.3) is 0 Å². The third-order valence-corrected chi connectivity index (χ3v) is 6.36. The largest absolute Gasteiger partial charge is 0.493 e. The summed E-state index contributed by atoms with van der Waals surface area (Å²) < 4.78 is 14.6. The molecule has 0 atom stereocenters. The summed E-state index contributed by atoms with van der Waals surface area (Å²) in [4.78, 5) is 18.4. The number of aryl methyl sites for hydroxylation is 3. The van der Waals surface area contributed by atoms with Gasteiger partial charge in [0.15, 0.2) is 11.5 Å². The van der Waals surface area contributed by atoms with Gasteiger partial charge in [-0.3, -0.25) is 9.13 Å². The molecule has 1 aromatic heterocycles. The fraction of sp³-hybridized carbons (Fsp3) is 0.385. The minimum Gasteiger partial charge on any atom is -0.493 e. The smallest absolute Gasteiger partial charge is 0.329 e. The highest BCUT2D eigenvalue weighted by molar-refractivity contribution is 5.72. The molecule has 1 aliphatic rings. The Hall–Kier alpha value is -3.28. The fourth-order valence-corrected chi connectivity index (χ4v) is 4.76. The van der Waals surface area contributed by atoms with Crippen LogP contribution in [-0.4, -0.2) is 23.4 Å². The molecule has 0 bridgehead atoms. The molecule has 2 aromatic carbocycles. The molecule has 0 saturated carbocycles. The first kappa shape index (κ1) is 21.9. The Balaban J connectivity index is 2.06. The van der Waals surface area contributed by atoms with E-state index in [0.29, 0.717) is 23.5 Å². The number of hydrogen-bond acceptors (Lipinski definition) is 4. The molecule has 168 valence electrons. The third kappa shape index (κ3) is 3.44. The summed E-state index contributed by atoms with van der Waals surface area (Å²) in [6.07, 6.45) is 0. The van der Waals surface area contributed by atoms with Crippen molar-refractivity contribution in [2.45, 2.75) is 46.6 Å². The summed E-state index contributed by atoms with van der Waals surface area (Å²) in [5.41, 5.74) is 7.49. The molecule has 0 spiro atoms. The summed E-state index contributed by atoms with van der Waals surface area (Å²) in [5.74, 6) is 1.33. The van der Waals surface area contributed by atoms with Crippen LogP contribution in [0, 0.1) is 20.8 Å². The SMILES string of the molecule is COc1cc2c(cc1OC)C(C)(C)Cn1c-2cc(=Nc2c(C)cc(C)cc2C)n(C)c1=O. The van der Waals surface area contributed by atoms with E-state index >= 15 is 0 Å². The van der Waals surface area contributed by atoms with Crippen molar-refractivity contribution in [3.05, 3.63) is 68.6 Å². The topological polar surface area (TPSA) is 57.8 Å². The fourth-order valence-electron chi connectivity index (χ4n) is 4.76. The molecule has 4 rings (SSSR count). The van der Waals surface area contributed by atoms with E-state index in [2.05, 4.69) is 46.8 Å². The zero-order valence-electron chi connectivity index (χ0n) is 20.2. The summed E-state index contributed by atoms with van der Waals surface area (Å²) >= 11 is 0. The molecular weight excluding hydrogens is 402 g/mol. The average Bonchev–Trinajstić information content (AvgIpc) is 2.73. The van der Waals surface area contributed by atoms with Crippen molar-refractivity contribution in [3.8, 4) is 22.8 Å². The van der Waals surface area contributed by atoms with Crippen LogP contribution in [0.3, 0.4) is 0 Å². The van der Waals surface area contributed by atoms with Crippen molar-refractivity contribution in [3.63, 3.8) is 0 Å². The maximum absolute atomic E-state index is 13.4. The minimum atomic E-state index is -0.249. The number of fused-ring (bicyclic) bond motifs is 3. The number of methoxy groups -OCH3 is 2. The first-order chi connectivity index (χ1) is 15.1. The zero-order valence-corrected chi connectivity index (χ0v) is 20.2.